The fraction of sp³-hybridized carbons (Fsp3) is 0. The highest BCUT2D eigenvalue weighted by Gasteiger charge is 2.20. The molecule has 1 heterocycles. The molecule has 0 radical (unpaired) electrons. The molecule has 0 unspecified atom stereocenters. The van der Waals surface area contributed by atoms with E-state index in [1.165, 1.54) is 0 Å². The summed E-state index contributed by atoms with van der Waals surface area (Å²) in [4.78, 5) is 3.85. The number of fused-ring (bicyclic) bond motifs is 3. The summed E-state index contributed by atoms with van der Waals surface area (Å²) < 4.78 is 2.90. The van der Waals surface area contributed by atoms with Crippen LogP contribution in [0, 0.1) is 17.9 Å². The Hall–Kier alpha value is -3.86. The van der Waals surface area contributed by atoms with E-state index in [-0.39, 0.29) is 0 Å². The summed E-state index contributed by atoms with van der Waals surface area (Å²) in [5.74, 6) is 0. The molecule has 4 heteroatoms. The minimum Gasteiger partial charge on any atom is -0.318 e. The second kappa shape index (κ2) is 7.19. The van der Waals surface area contributed by atoms with Crippen LogP contribution in [0.4, 0.5) is 5.69 Å². The molecule has 5 aromatic rings. The molecule has 4 aromatic carbocycles. The SMILES string of the molecule is [C-]#[N+]c1cccc(-c2cccc(C#N)c2Br)c1-n1c2ccccc2c2ccccc21. The smallest absolute Gasteiger partial charge is 0.211 e. The van der Waals surface area contributed by atoms with Crippen LogP contribution in [0.2, 0.25) is 0 Å². The van der Waals surface area contributed by atoms with Crippen LogP contribution < -0.4 is 0 Å². The Labute approximate surface area is 182 Å². The van der Waals surface area contributed by atoms with Crippen LogP contribution in [0.5, 0.6) is 0 Å². The van der Waals surface area contributed by atoms with Gasteiger partial charge in [0.05, 0.1) is 28.9 Å². The average molecular weight is 448 g/mol. The fourth-order valence-corrected chi connectivity index (χ4v) is 4.63. The van der Waals surface area contributed by atoms with E-state index in [0.29, 0.717) is 11.3 Å². The van der Waals surface area contributed by atoms with Crippen molar-refractivity contribution in [3.63, 3.8) is 0 Å². The number of para-hydroxylation sites is 3. The molecule has 1 aromatic heterocycles. The van der Waals surface area contributed by atoms with E-state index >= 15 is 0 Å². The zero-order valence-corrected chi connectivity index (χ0v) is 17.4. The number of nitriles is 1. The molecular weight excluding hydrogens is 434 g/mol. The molecular formula is C26H14BrN3. The van der Waals surface area contributed by atoms with Gasteiger partial charge in [-0.05, 0) is 45.3 Å². The van der Waals surface area contributed by atoms with Crippen LogP contribution in [0.15, 0.2) is 89.4 Å². The summed E-state index contributed by atoms with van der Waals surface area (Å²) in [6, 6.07) is 30.1. The van der Waals surface area contributed by atoms with Gasteiger partial charge in [0.2, 0.25) is 5.69 Å². The van der Waals surface area contributed by atoms with Crippen LogP contribution in [0.3, 0.4) is 0 Å². The third kappa shape index (κ3) is 2.63. The average Bonchev–Trinajstić information content (AvgIpc) is 3.13. The van der Waals surface area contributed by atoms with Crippen molar-refractivity contribution in [1.29, 1.82) is 5.26 Å². The molecule has 0 spiro atoms. The molecule has 5 rings (SSSR count). The van der Waals surface area contributed by atoms with Gasteiger partial charge < -0.3 is 4.57 Å². The van der Waals surface area contributed by atoms with Crippen molar-refractivity contribution >= 4 is 43.4 Å². The summed E-state index contributed by atoms with van der Waals surface area (Å²) in [7, 11) is 0. The summed E-state index contributed by atoms with van der Waals surface area (Å²) in [6.07, 6.45) is 0. The van der Waals surface area contributed by atoms with Crippen molar-refractivity contribution in [2.75, 3.05) is 0 Å². The van der Waals surface area contributed by atoms with Crippen molar-refractivity contribution in [1.82, 2.24) is 4.57 Å². The van der Waals surface area contributed by atoms with Crippen LogP contribution in [-0.2, 0) is 0 Å². The van der Waals surface area contributed by atoms with Crippen LogP contribution in [0.1, 0.15) is 5.56 Å². The van der Waals surface area contributed by atoms with Gasteiger partial charge in [0.1, 0.15) is 6.07 Å². The lowest BCUT2D eigenvalue weighted by molar-refractivity contribution is 1.19. The first kappa shape index (κ1) is 18.2. The van der Waals surface area contributed by atoms with Crippen LogP contribution in [-0.4, -0.2) is 4.57 Å². The second-order valence-electron chi connectivity index (χ2n) is 6.93. The number of rotatable bonds is 2. The molecule has 140 valence electrons. The van der Waals surface area contributed by atoms with E-state index in [2.05, 4.69) is 55.7 Å². The van der Waals surface area contributed by atoms with Crippen molar-refractivity contribution < 1.29 is 0 Å². The minimum atomic E-state index is 0.563. The highest BCUT2D eigenvalue weighted by Crippen LogP contribution is 2.42. The largest absolute Gasteiger partial charge is 0.318 e. The quantitative estimate of drug-likeness (QED) is 0.256. The van der Waals surface area contributed by atoms with E-state index in [4.69, 9.17) is 6.57 Å². The topological polar surface area (TPSA) is 33.1 Å². The third-order valence-corrected chi connectivity index (χ3v) is 6.20. The second-order valence-corrected chi connectivity index (χ2v) is 7.73. The predicted octanol–water partition coefficient (Wildman–Crippen LogP) is 7.64. The van der Waals surface area contributed by atoms with E-state index in [1.54, 1.807) is 6.07 Å². The molecule has 0 atom stereocenters. The van der Waals surface area contributed by atoms with Crippen molar-refractivity contribution in [2.24, 2.45) is 0 Å². The first-order chi connectivity index (χ1) is 14.7. The Bertz CT molecular complexity index is 1480. The van der Waals surface area contributed by atoms with E-state index in [1.807, 2.05) is 54.6 Å². The first-order valence-electron chi connectivity index (χ1n) is 9.42. The molecule has 3 nitrogen and oxygen atoms in total. The zero-order chi connectivity index (χ0) is 20.7. The van der Waals surface area contributed by atoms with Gasteiger partial charge in [-0.25, -0.2) is 4.85 Å². The summed E-state index contributed by atoms with van der Waals surface area (Å²) in [6.45, 7) is 7.84. The highest BCUT2D eigenvalue weighted by atomic mass is 79.9. The number of nitrogens with zero attached hydrogens (tertiary/aromatic N) is 3. The number of hydrogen-bond acceptors (Lipinski definition) is 1. The number of aromatic nitrogens is 1. The Morgan fingerprint density at radius 3 is 2.00 bits per heavy atom. The lowest BCUT2D eigenvalue weighted by atomic mass is 10.00. The van der Waals surface area contributed by atoms with Gasteiger partial charge in [0.15, 0.2) is 0 Å². The van der Waals surface area contributed by atoms with Gasteiger partial charge in [-0.2, -0.15) is 5.26 Å². The van der Waals surface area contributed by atoms with Gasteiger partial charge >= 0.3 is 0 Å². The van der Waals surface area contributed by atoms with Gasteiger partial charge in [-0.3, -0.25) is 0 Å². The lowest BCUT2D eigenvalue weighted by Gasteiger charge is -2.17. The fourth-order valence-electron chi connectivity index (χ4n) is 4.06. The summed E-state index contributed by atoms with van der Waals surface area (Å²) in [5.41, 5.74) is 5.82. The zero-order valence-electron chi connectivity index (χ0n) is 15.8. The number of benzene rings is 4. The Balaban J connectivity index is 1.97. The lowest BCUT2D eigenvalue weighted by Crippen LogP contribution is -1.98. The number of hydrogen-bond donors (Lipinski definition) is 0. The molecule has 0 bridgehead atoms. The molecule has 30 heavy (non-hydrogen) atoms. The Morgan fingerprint density at radius 2 is 1.37 bits per heavy atom. The molecule has 0 saturated heterocycles. The molecule has 0 aliphatic rings. The first-order valence-corrected chi connectivity index (χ1v) is 10.2. The maximum atomic E-state index is 9.49. The Morgan fingerprint density at radius 1 is 0.767 bits per heavy atom. The van der Waals surface area contributed by atoms with Gasteiger partial charge in [-0.1, -0.05) is 66.7 Å². The molecule has 0 N–H and O–H groups in total. The van der Waals surface area contributed by atoms with Crippen LogP contribution in [0.25, 0.3) is 43.5 Å². The normalized spacial score (nSPS) is 10.8. The minimum absolute atomic E-state index is 0.563. The highest BCUT2D eigenvalue weighted by molar-refractivity contribution is 9.10. The van der Waals surface area contributed by atoms with E-state index in [0.717, 1.165) is 43.1 Å². The number of halogens is 1. The predicted molar refractivity (Wildman–Crippen MR) is 125 cm³/mol. The van der Waals surface area contributed by atoms with E-state index in [9.17, 15) is 5.26 Å². The Kier molecular flexibility index (Phi) is 4.36. The molecule has 0 aliphatic heterocycles. The van der Waals surface area contributed by atoms with Crippen molar-refractivity contribution in [3.05, 3.63) is 106 Å². The van der Waals surface area contributed by atoms with Crippen LogP contribution >= 0.6 is 15.9 Å². The summed E-state index contributed by atoms with van der Waals surface area (Å²) in [5, 5.41) is 11.8. The van der Waals surface area contributed by atoms with Crippen molar-refractivity contribution in [3.8, 4) is 22.9 Å². The van der Waals surface area contributed by atoms with Gasteiger partial charge in [0, 0.05) is 15.2 Å². The third-order valence-electron chi connectivity index (χ3n) is 5.35. The van der Waals surface area contributed by atoms with Gasteiger partial charge in [0.25, 0.3) is 0 Å². The van der Waals surface area contributed by atoms with E-state index < -0.39 is 0 Å². The maximum absolute atomic E-state index is 9.49. The summed E-state index contributed by atoms with van der Waals surface area (Å²) >= 11 is 3.61. The molecule has 0 saturated carbocycles. The monoisotopic (exact) mass is 447 g/mol. The standard InChI is InChI=1S/C26H14BrN3/c1-29-22-13-7-12-21(20-11-6-8-17(16-28)25(20)27)26(22)30-23-14-4-2-9-18(23)19-10-3-5-15-24(19)30/h2-15H. The van der Waals surface area contributed by atoms with Crippen molar-refractivity contribution in [2.45, 2.75) is 0 Å². The maximum Gasteiger partial charge on any atom is 0.211 e. The molecule has 0 fully saturated rings. The van der Waals surface area contributed by atoms with Gasteiger partial charge in [-0.15, -0.1) is 0 Å². The molecule has 0 amide bonds. The molecule has 0 aliphatic carbocycles.